The minimum absolute atomic E-state index is 0.105. The van der Waals surface area contributed by atoms with Crippen molar-refractivity contribution in [3.63, 3.8) is 0 Å². The Hall–Kier alpha value is -1.94. The zero-order valence-corrected chi connectivity index (χ0v) is 66.0. The van der Waals surface area contributed by atoms with E-state index in [1.54, 1.807) is 0 Å². The molecule has 582 valence electrons. The molecule has 0 aromatic rings. The van der Waals surface area contributed by atoms with Crippen LogP contribution < -0.4 is 0 Å². The van der Waals surface area contributed by atoms with E-state index in [1.165, 1.54) is 218 Å². The maximum Gasteiger partial charge on any atom is 0.472 e. The van der Waals surface area contributed by atoms with Gasteiger partial charge in [-0.05, 0) is 43.4 Å². The molecule has 0 rings (SSSR count). The number of unbranched alkanes of at least 4 members (excludes halogenated alkanes) is 45. The molecule has 0 aliphatic carbocycles. The molecule has 3 N–H and O–H groups in total. The van der Waals surface area contributed by atoms with Crippen LogP contribution in [-0.2, 0) is 65.4 Å². The number of esters is 4. The van der Waals surface area contributed by atoms with Gasteiger partial charge in [0.25, 0.3) is 0 Å². The lowest BCUT2D eigenvalue weighted by Gasteiger charge is -2.21. The number of ether oxygens (including phenoxy) is 4. The second-order valence-electron chi connectivity index (χ2n) is 29.9. The Balaban J connectivity index is 5.25. The van der Waals surface area contributed by atoms with E-state index in [0.717, 1.165) is 108 Å². The average molecular weight is 1440 g/mol. The highest BCUT2D eigenvalue weighted by Crippen LogP contribution is 2.45. The zero-order chi connectivity index (χ0) is 72.3. The molecule has 0 saturated heterocycles. The molecule has 0 aromatic carbocycles. The van der Waals surface area contributed by atoms with E-state index in [-0.39, 0.29) is 25.7 Å². The molecular formula is C79H154O17P2. The van der Waals surface area contributed by atoms with Gasteiger partial charge in [0.2, 0.25) is 0 Å². The van der Waals surface area contributed by atoms with Crippen molar-refractivity contribution in [1.29, 1.82) is 0 Å². The normalized spacial score (nSPS) is 14.0. The molecule has 98 heavy (non-hydrogen) atoms. The summed E-state index contributed by atoms with van der Waals surface area (Å²) in [5.41, 5.74) is 0. The van der Waals surface area contributed by atoms with E-state index in [0.29, 0.717) is 25.7 Å². The lowest BCUT2D eigenvalue weighted by Crippen LogP contribution is -2.30. The van der Waals surface area contributed by atoms with Gasteiger partial charge < -0.3 is 33.8 Å². The first-order valence-corrected chi connectivity index (χ1v) is 43.8. The molecule has 0 amide bonds. The summed E-state index contributed by atoms with van der Waals surface area (Å²) in [4.78, 5) is 73.0. The molecule has 17 nitrogen and oxygen atoms in total. The van der Waals surface area contributed by atoms with Crippen LogP contribution in [0.15, 0.2) is 0 Å². The Morgan fingerprint density at radius 3 is 0.694 bits per heavy atom. The quantitative estimate of drug-likeness (QED) is 0.0222. The highest BCUT2D eigenvalue weighted by molar-refractivity contribution is 7.47. The summed E-state index contributed by atoms with van der Waals surface area (Å²) in [5.74, 6) is 0.148. The van der Waals surface area contributed by atoms with Crippen LogP contribution in [-0.4, -0.2) is 96.7 Å². The summed E-state index contributed by atoms with van der Waals surface area (Å²) in [6.45, 7) is 11.9. The monoisotopic (exact) mass is 1440 g/mol. The Bertz CT molecular complexity index is 1900. The van der Waals surface area contributed by atoms with Crippen LogP contribution in [0.2, 0.25) is 0 Å². The summed E-state index contributed by atoms with van der Waals surface area (Å²) in [6.07, 6.45) is 56.9. The highest BCUT2D eigenvalue weighted by Gasteiger charge is 2.30. The van der Waals surface area contributed by atoms with Gasteiger partial charge in [-0.1, -0.05) is 357 Å². The minimum atomic E-state index is -4.96. The van der Waals surface area contributed by atoms with Crippen molar-refractivity contribution < 1.29 is 80.2 Å². The van der Waals surface area contributed by atoms with Gasteiger partial charge in [-0.25, -0.2) is 9.13 Å². The van der Waals surface area contributed by atoms with Crippen molar-refractivity contribution >= 4 is 39.5 Å². The molecule has 19 heteroatoms. The van der Waals surface area contributed by atoms with Crippen LogP contribution in [0.1, 0.15) is 408 Å². The summed E-state index contributed by atoms with van der Waals surface area (Å²) in [6, 6.07) is 0. The van der Waals surface area contributed by atoms with Crippen LogP contribution in [0.25, 0.3) is 0 Å². The summed E-state index contributed by atoms with van der Waals surface area (Å²) in [5, 5.41) is 10.6. The Morgan fingerprint density at radius 1 is 0.276 bits per heavy atom. The van der Waals surface area contributed by atoms with Gasteiger partial charge in [-0.2, -0.15) is 0 Å². The van der Waals surface area contributed by atoms with Gasteiger partial charge in [-0.3, -0.25) is 37.3 Å². The number of phosphoric ester groups is 2. The van der Waals surface area contributed by atoms with Gasteiger partial charge in [0, 0.05) is 25.7 Å². The fourth-order valence-corrected chi connectivity index (χ4v) is 13.7. The molecule has 0 heterocycles. The summed E-state index contributed by atoms with van der Waals surface area (Å²) in [7, 11) is -9.92. The molecule has 0 saturated carbocycles. The highest BCUT2D eigenvalue weighted by atomic mass is 31.2. The molecule has 0 aliphatic heterocycles. The average Bonchev–Trinajstić information content (AvgIpc) is 1.26. The van der Waals surface area contributed by atoms with Crippen molar-refractivity contribution in [2.24, 2.45) is 17.8 Å². The molecule has 0 radical (unpaired) electrons. The van der Waals surface area contributed by atoms with Crippen molar-refractivity contribution in [1.82, 2.24) is 0 Å². The number of hydrogen-bond acceptors (Lipinski definition) is 15. The third-order valence-corrected chi connectivity index (χ3v) is 20.3. The van der Waals surface area contributed by atoms with Crippen molar-refractivity contribution in [3.8, 4) is 0 Å². The SMILES string of the molecule is CCCCCCCCCCCCCCCCCCCCCC(=O)O[C@H](COC(=O)CCCCCCCCCCCCCCC(C)C)COP(=O)(O)OC[C@@H](O)COP(=O)(O)OC[C@@H](COC(=O)CCCCCCCCCCCC(C)C)OC(=O)CCCCCCCCCCCC(C)C. The van der Waals surface area contributed by atoms with Gasteiger partial charge in [0.15, 0.2) is 12.2 Å². The zero-order valence-electron chi connectivity index (χ0n) is 64.3. The number of phosphoric acid groups is 2. The fourth-order valence-electron chi connectivity index (χ4n) is 12.1. The number of rotatable bonds is 77. The molecule has 0 aliphatic rings. The molecule has 0 fully saturated rings. The number of aliphatic hydroxyl groups is 1. The Kier molecular flexibility index (Phi) is 68.1. The van der Waals surface area contributed by atoms with Crippen LogP contribution in [0.4, 0.5) is 0 Å². The smallest absolute Gasteiger partial charge is 0.462 e. The molecule has 0 bridgehead atoms. The third-order valence-electron chi connectivity index (χ3n) is 18.4. The Labute approximate surface area is 600 Å². The maximum absolute atomic E-state index is 13.1. The number of carbonyl (C=O) groups excluding carboxylic acids is 4. The van der Waals surface area contributed by atoms with Gasteiger partial charge >= 0.3 is 39.5 Å². The first kappa shape index (κ1) is 96.1. The van der Waals surface area contributed by atoms with Crippen LogP contribution in [0, 0.1) is 17.8 Å². The van der Waals surface area contributed by atoms with E-state index < -0.39 is 97.5 Å². The van der Waals surface area contributed by atoms with Crippen LogP contribution in [0.3, 0.4) is 0 Å². The first-order valence-electron chi connectivity index (χ1n) is 40.8. The lowest BCUT2D eigenvalue weighted by atomic mass is 10.0. The van der Waals surface area contributed by atoms with E-state index in [1.807, 2.05) is 0 Å². The summed E-state index contributed by atoms with van der Waals surface area (Å²) < 4.78 is 68.7. The van der Waals surface area contributed by atoms with Crippen molar-refractivity contribution in [3.05, 3.63) is 0 Å². The maximum atomic E-state index is 13.1. The third kappa shape index (κ3) is 72.4. The topological polar surface area (TPSA) is 237 Å². The van der Waals surface area contributed by atoms with E-state index in [4.69, 9.17) is 37.0 Å². The number of aliphatic hydroxyl groups excluding tert-OH is 1. The summed E-state index contributed by atoms with van der Waals surface area (Å²) >= 11 is 0. The van der Waals surface area contributed by atoms with E-state index in [9.17, 15) is 43.2 Å². The van der Waals surface area contributed by atoms with E-state index >= 15 is 0 Å². The standard InChI is InChI=1S/C79H154O17P2/c1-8-9-10-11-12-13-14-15-16-17-18-19-20-21-26-33-41-48-55-62-78(83)95-74(66-89-76(81)60-53-46-39-32-25-23-22-24-29-36-43-50-57-70(2)3)68-93-97(85,86)91-64-73(80)65-92-98(87,88)94-69-75(96-79(84)63-56-49-42-35-28-31-38-45-52-59-72(6)7)67-90-77(82)61-54-47-40-34-27-30-37-44-51-58-71(4)5/h70-75,80H,8-69H2,1-7H3,(H,85,86)(H,87,88)/t73-,74-,75-/m1/s1. The largest absolute Gasteiger partial charge is 0.472 e. The Morgan fingerprint density at radius 2 is 0.469 bits per heavy atom. The van der Waals surface area contributed by atoms with E-state index in [2.05, 4.69) is 48.5 Å². The van der Waals surface area contributed by atoms with Crippen LogP contribution in [0.5, 0.6) is 0 Å². The second-order valence-corrected chi connectivity index (χ2v) is 32.8. The number of carbonyl (C=O) groups is 4. The van der Waals surface area contributed by atoms with Gasteiger partial charge in [-0.15, -0.1) is 0 Å². The molecule has 0 spiro atoms. The van der Waals surface area contributed by atoms with Gasteiger partial charge in [0.1, 0.15) is 19.3 Å². The minimum Gasteiger partial charge on any atom is -0.462 e. The molecule has 0 aromatic heterocycles. The first-order chi connectivity index (χ1) is 47.2. The van der Waals surface area contributed by atoms with Crippen molar-refractivity contribution in [2.75, 3.05) is 39.6 Å². The number of hydrogen-bond donors (Lipinski definition) is 3. The van der Waals surface area contributed by atoms with Crippen LogP contribution >= 0.6 is 15.6 Å². The fraction of sp³-hybridized carbons (Fsp3) is 0.949. The van der Waals surface area contributed by atoms with Gasteiger partial charge in [0.05, 0.1) is 26.4 Å². The predicted octanol–water partition coefficient (Wildman–Crippen LogP) is 23.4. The predicted molar refractivity (Wildman–Crippen MR) is 400 cm³/mol. The molecular weight excluding hydrogens is 1280 g/mol. The molecule has 5 atom stereocenters. The second kappa shape index (κ2) is 69.4. The van der Waals surface area contributed by atoms with Crippen molar-refractivity contribution in [2.45, 2.75) is 426 Å². The lowest BCUT2D eigenvalue weighted by molar-refractivity contribution is -0.161. The molecule has 2 unspecified atom stereocenters.